The van der Waals surface area contributed by atoms with Crippen LogP contribution < -0.4 is 0 Å². The predicted molar refractivity (Wildman–Crippen MR) is 30.0 cm³/mol. The Hall–Kier alpha value is -0.120. The van der Waals surface area contributed by atoms with Crippen LogP contribution in [0, 0.1) is 0 Å². The quantitative estimate of drug-likeness (QED) is 0.566. The molecule has 0 aromatic rings. The van der Waals surface area contributed by atoms with E-state index in [1.165, 1.54) is 13.8 Å². The van der Waals surface area contributed by atoms with E-state index in [-0.39, 0.29) is 0 Å². The van der Waals surface area contributed by atoms with E-state index < -0.39 is 21.1 Å². The minimum Gasteiger partial charge on any atom is -0.234 e. The number of hydrogen-bond donors (Lipinski definition) is 0. The topological polar surface area (TPSA) is 34.1 Å². The highest BCUT2D eigenvalue weighted by Crippen LogP contribution is 1.99. The van der Waals surface area contributed by atoms with E-state index >= 15 is 0 Å². The van der Waals surface area contributed by atoms with Gasteiger partial charge in [-0.3, -0.25) is 0 Å². The highest BCUT2D eigenvalue weighted by Gasteiger charge is 2.13. The maximum atomic E-state index is 11.4. The van der Waals surface area contributed by atoms with Gasteiger partial charge in [-0.25, -0.2) is 12.8 Å². The molecule has 0 atom stereocenters. The second-order valence-corrected chi connectivity index (χ2v) is 4.31. The molecule has 0 aromatic carbocycles. The van der Waals surface area contributed by atoms with Gasteiger partial charge in [0.05, 0.1) is 5.25 Å². The van der Waals surface area contributed by atoms with E-state index in [1.54, 1.807) is 0 Å². The van der Waals surface area contributed by atoms with Crippen LogP contribution in [0.3, 0.4) is 0 Å². The largest absolute Gasteiger partial charge is 0.234 e. The summed E-state index contributed by atoms with van der Waals surface area (Å²) in [5.41, 5.74) is 0. The summed E-state index contributed by atoms with van der Waals surface area (Å²) < 4.78 is 32.1. The second kappa shape index (κ2) is 2.44. The number of hydrogen-bond acceptors (Lipinski definition) is 2. The molecule has 8 heavy (non-hydrogen) atoms. The summed E-state index contributed by atoms with van der Waals surface area (Å²) in [4.78, 5) is 0. The highest BCUT2D eigenvalue weighted by molar-refractivity contribution is 7.91. The third-order valence-electron chi connectivity index (χ3n) is 0.870. The normalized spacial score (nSPS) is 12.5. The lowest BCUT2D eigenvalue weighted by atomic mass is 10.6. The van der Waals surface area contributed by atoms with Crippen LogP contribution >= 0.6 is 0 Å². The molecule has 0 aliphatic heterocycles. The molecular weight excluding hydrogens is 131 g/mol. The Morgan fingerprint density at radius 1 is 1.50 bits per heavy atom. The van der Waals surface area contributed by atoms with Gasteiger partial charge in [-0.15, -0.1) is 0 Å². The van der Waals surface area contributed by atoms with Crippen molar-refractivity contribution < 1.29 is 12.8 Å². The van der Waals surface area contributed by atoms with Gasteiger partial charge in [0, 0.05) is 0 Å². The molecule has 0 fully saturated rings. The molecular formula is C4H9FO2S. The van der Waals surface area contributed by atoms with Crippen molar-refractivity contribution in [1.82, 2.24) is 0 Å². The van der Waals surface area contributed by atoms with Crippen LogP contribution in [0.5, 0.6) is 0 Å². The summed E-state index contributed by atoms with van der Waals surface area (Å²) in [6, 6.07) is -1.25. The molecule has 0 unspecified atom stereocenters. The first kappa shape index (κ1) is 7.88. The van der Waals surface area contributed by atoms with Gasteiger partial charge in [0.15, 0.2) is 15.8 Å². The summed E-state index contributed by atoms with van der Waals surface area (Å²) >= 11 is 0. The van der Waals surface area contributed by atoms with Crippen molar-refractivity contribution in [1.29, 1.82) is 0 Å². The number of rotatable bonds is 2. The summed E-state index contributed by atoms with van der Waals surface area (Å²) in [5.74, 6) is 0. The molecule has 0 saturated heterocycles. The average molecular weight is 140 g/mol. The number of sulfone groups is 1. The molecule has 0 aliphatic carbocycles. The fourth-order valence-electron chi connectivity index (χ4n) is 0.126. The van der Waals surface area contributed by atoms with Gasteiger partial charge >= 0.3 is 0 Å². The molecule has 4 heteroatoms. The Bertz CT molecular complexity index is 147. The zero-order valence-electron chi connectivity index (χ0n) is 4.89. The Morgan fingerprint density at radius 2 is 1.88 bits per heavy atom. The van der Waals surface area contributed by atoms with Gasteiger partial charge in [0.2, 0.25) is 0 Å². The van der Waals surface area contributed by atoms with Gasteiger partial charge < -0.3 is 0 Å². The molecule has 0 heterocycles. The van der Waals surface area contributed by atoms with E-state index in [0.717, 1.165) is 0 Å². The van der Waals surface area contributed by atoms with Crippen LogP contribution in [0.1, 0.15) is 13.8 Å². The molecule has 0 aromatic heterocycles. The summed E-state index contributed by atoms with van der Waals surface area (Å²) in [7, 11) is -3.40. The van der Waals surface area contributed by atoms with Crippen molar-refractivity contribution in [3.8, 4) is 0 Å². The zero-order chi connectivity index (χ0) is 6.78. The van der Waals surface area contributed by atoms with Crippen molar-refractivity contribution in [2.75, 3.05) is 6.01 Å². The van der Waals surface area contributed by atoms with Crippen LogP contribution in [0.4, 0.5) is 4.39 Å². The van der Waals surface area contributed by atoms with Crippen LogP contribution in [-0.2, 0) is 9.84 Å². The molecule has 0 rings (SSSR count). The smallest absolute Gasteiger partial charge is 0.191 e. The molecule has 0 spiro atoms. The first-order valence-electron chi connectivity index (χ1n) is 2.28. The summed E-state index contributed by atoms with van der Waals surface area (Å²) in [5, 5.41) is -0.590. The molecule has 0 amide bonds. The van der Waals surface area contributed by atoms with E-state index in [2.05, 4.69) is 0 Å². The molecule has 0 saturated carbocycles. The van der Waals surface area contributed by atoms with Crippen LogP contribution in [0.25, 0.3) is 0 Å². The monoisotopic (exact) mass is 140 g/mol. The zero-order valence-corrected chi connectivity index (χ0v) is 5.70. The molecule has 50 valence electrons. The predicted octanol–water partition coefficient (Wildman–Crippen LogP) is 0.737. The maximum absolute atomic E-state index is 11.4. The summed E-state index contributed by atoms with van der Waals surface area (Å²) in [6.07, 6.45) is 0. The van der Waals surface area contributed by atoms with Crippen molar-refractivity contribution >= 4 is 9.84 Å². The lowest BCUT2D eigenvalue weighted by Gasteiger charge is -1.99. The lowest BCUT2D eigenvalue weighted by molar-refractivity contribution is 0.528. The second-order valence-electron chi connectivity index (χ2n) is 1.82. The van der Waals surface area contributed by atoms with Gasteiger partial charge in [-0.2, -0.15) is 0 Å². The van der Waals surface area contributed by atoms with Crippen LogP contribution in [-0.4, -0.2) is 19.7 Å². The van der Waals surface area contributed by atoms with Crippen molar-refractivity contribution in [3.63, 3.8) is 0 Å². The van der Waals surface area contributed by atoms with E-state index in [1.807, 2.05) is 0 Å². The number of halogens is 1. The van der Waals surface area contributed by atoms with Crippen molar-refractivity contribution in [3.05, 3.63) is 0 Å². The molecule has 0 bridgehead atoms. The Labute approximate surface area is 48.6 Å². The van der Waals surface area contributed by atoms with E-state index in [4.69, 9.17) is 0 Å². The maximum Gasteiger partial charge on any atom is 0.191 e. The fraction of sp³-hybridized carbons (Fsp3) is 1.00. The van der Waals surface area contributed by atoms with Gasteiger partial charge in [0.1, 0.15) is 0 Å². The lowest BCUT2D eigenvalue weighted by Crippen LogP contribution is -2.14. The van der Waals surface area contributed by atoms with Crippen LogP contribution in [0.2, 0.25) is 0 Å². The third-order valence-corrected chi connectivity index (χ3v) is 2.61. The standard InChI is InChI=1S/C4H9FO2S/c1-4(2)8(6,7)3-5/h4H,3H2,1-2H3. The first-order chi connectivity index (χ1) is 3.50. The fourth-order valence-corrected chi connectivity index (χ4v) is 0.378. The third kappa shape index (κ3) is 1.78. The highest BCUT2D eigenvalue weighted by atomic mass is 32.2. The molecule has 0 aliphatic rings. The molecule has 2 nitrogen and oxygen atoms in total. The summed E-state index contributed by atoms with van der Waals surface area (Å²) in [6.45, 7) is 2.91. The van der Waals surface area contributed by atoms with Crippen molar-refractivity contribution in [2.24, 2.45) is 0 Å². The minimum absolute atomic E-state index is 0.590. The molecule has 0 N–H and O–H groups in total. The molecule has 0 radical (unpaired) electrons. The van der Waals surface area contributed by atoms with Gasteiger partial charge in [-0.1, -0.05) is 0 Å². The van der Waals surface area contributed by atoms with Gasteiger partial charge in [-0.05, 0) is 13.8 Å². The Kier molecular flexibility index (Phi) is 2.40. The Morgan fingerprint density at radius 3 is 1.88 bits per heavy atom. The average Bonchev–Trinajstić information content (AvgIpc) is 1.67. The van der Waals surface area contributed by atoms with E-state index in [9.17, 15) is 12.8 Å². The van der Waals surface area contributed by atoms with E-state index in [0.29, 0.717) is 0 Å². The van der Waals surface area contributed by atoms with Crippen molar-refractivity contribution in [2.45, 2.75) is 19.1 Å². The van der Waals surface area contributed by atoms with Crippen LogP contribution in [0.15, 0.2) is 0 Å². The SMILES string of the molecule is CC(C)S(=O)(=O)CF. The first-order valence-corrected chi connectivity index (χ1v) is 4.00. The van der Waals surface area contributed by atoms with Gasteiger partial charge in [0.25, 0.3) is 0 Å². The number of alkyl halides is 1. The minimum atomic E-state index is -3.40. The Balaban J connectivity index is 4.17.